The second kappa shape index (κ2) is 8.18. The summed E-state index contributed by atoms with van der Waals surface area (Å²) in [6, 6.07) is 15.0. The lowest BCUT2D eigenvalue weighted by atomic mass is 10.0. The van der Waals surface area contributed by atoms with Crippen LogP contribution in [0.4, 0.5) is 5.82 Å². The van der Waals surface area contributed by atoms with Crippen LogP contribution in [0, 0.1) is 0 Å². The molecule has 0 aliphatic rings. The first kappa shape index (κ1) is 19.5. The molecule has 7 nitrogen and oxygen atoms in total. The van der Waals surface area contributed by atoms with Gasteiger partial charge in [0.25, 0.3) is 0 Å². The van der Waals surface area contributed by atoms with E-state index in [1.807, 2.05) is 0 Å². The maximum absolute atomic E-state index is 12.3. The highest BCUT2D eigenvalue weighted by Gasteiger charge is 2.10. The number of nitrogens with zero attached hydrogens (tertiary/aromatic N) is 2. The van der Waals surface area contributed by atoms with E-state index in [1.54, 1.807) is 36.4 Å². The summed E-state index contributed by atoms with van der Waals surface area (Å²) in [5.74, 6) is 1.20. The molecule has 0 bridgehead atoms. The van der Waals surface area contributed by atoms with Crippen LogP contribution in [0.5, 0.6) is 11.6 Å². The van der Waals surface area contributed by atoms with Crippen molar-refractivity contribution in [3.63, 3.8) is 0 Å². The lowest BCUT2D eigenvalue weighted by Gasteiger charge is -2.07. The van der Waals surface area contributed by atoms with Crippen molar-refractivity contribution in [2.75, 3.05) is 12.0 Å². The summed E-state index contributed by atoms with van der Waals surface area (Å²) in [6.07, 6.45) is 2.87. The predicted octanol–water partition coefficient (Wildman–Crippen LogP) is 2.61. The molecule has 1 aromatic heterocycles. The Bertz CT molecular complexity index is 1100. The zero-order valence-corrected chi connectivity index (χ0v) is 16.0. The van der Waals surface area contributed by atoms with Crippen LogP contribution >= 0.6 is 0 Å². The highest BCUT2D eigenvalue weighted by atomic mass is 32.2. The Hall–Kier alpha value is -3.26. The molecule has 2 N–H and O–H groups in total. The maximum atomic E-state index is 12.3. The number of hydrogen-bond acceptors (Lipinski definition) is 7. The number of aromatic nitrogens is 2. The Morgan fingerprint density at radius 1 is 1.00 bits per heavy atom. The number of anilines is 1. The Kier molecular flexibility index (Phi) is 5.70. The van der Waals surface area contributed by atoms with Crippen LogP contribution in [-0.4, -0.2) is 30.4 Å². The minimum absolute atomic E-state index is 0.0112. The molecule has 0 aliphatic carbocycles. The SMILES string of the molecule is CS(=O)(=O)c1cccc(CC(=O)Cc2ccc(Oc3cc(N)ncn3)cc2)c1. The Balaban J connectivity index is 1.62. The van der Waals surface area contributed by atoms with Gasteiger partial charge in [-0.25, -0.2) is 18.4 Å². The van der Waals surface area contributed by atoms with E-state index in [9.17, 15) is 13.2 Å². The van der Waals surface area contributed by atoms with Crippen molar-refractivity contribution in [2.24, 2.45) is 0 Å². The predicted molar refractivity (Wildman–Crippen MR) is 105 cm³/mol. The molecule has 1 heterocycles. The van der Waals surface area contributed by atoms with Gasteiger partial charge in [0.05, 0.1) is 4.90 Å². The van der Waals surface area contributed by atoms with Gasteiger partial charge in [-0.05, 0) is 35.4 Å². The minimum atomic E-state index is -3.30. The van der Waals surface area contributed by atoms with Crippen molar-refractivity contribution in [3.8, 4) is 11.6 Å². The third-order valence-electron chi connectivity index (χ3n) is 3.94. The fourth-order valence-electron chi connectivity index (χ4n) is 2.61. The van der Waals surface area contributed by atoms with E-state index < -0.39 is 9.84 Å². The molecule has 8 heteroatoms. The van der Waals surface area contributed by atoms with E-state index >= 15 is 0 Å². The van der Waals surface area contributed by atoms with Crippen LogP contribution in [0.15, 0.2) is 65.8 Å². The normalized spacial score (nSPS) is 11.2. The molecule has 0 fully saturated rings. The topological polar surface area (TPSA) is 112 Å². The first-order valence-corrected chi connectivity index (χ1v) is 10.3. The van der Waals surface area contributed by atoms with Gasteiger partial charge < -0.3 is 10.5 Å². The number of ether oxygens (including phenoxy) is 1. The number of ketones is 1. The molecular weight excluding hydrogens is 378 g/mol. The molecule has 28 heavy (non-hydrogen) atoms. The van der Waals surface area contributed by atoms with Crippen LogP contribution in [0.2, 0.25) is 0 Å². The molecular formula is C20H19N3O4S. The number of nitrogens with two attached hydrogens (primary N) is 1. The smallest absolute Gasteiger partial charge is 0.224 e. The van der Waals surface area contributed by atoms with Crippen molar-refractivity contribution in [1.29, 1.82) is 0 Å². The summed E-state index contributed by atoms with van der Waals surface area (Å²) in [7, 11) is -3.30. The van der Waals surface area contributed by atoms with E-state index in [0.717, 1.165) is 11.8 Å². The van der Waals surface area contributed by atoms with Gasteiger partial charge in [0, 0.05) is 25.2 Å². The van der Waals surface area contributed by atoms with Gasteiger partial charge in [-0.2, -0.15) is 0 Å². The molecule has 3 aromatic rings. The molecule has 0 radical (unpaired) electrons. The molecule has 0 atom stereocenters. The number of Topliss-reactive ketones (excluding diaryl/α,β-unsaturated/α-hetero) is 1. The molecule has 0 saturated heterocycles. The van der Waals surface area contributed by atoms with Gasteiger partial charge in [0.15, 0.2) is 9.84 Å². The number of carbonyl (C=O) groups is 1. The average Bonchev–Trinajstić information content (AvgIpc) is 2.63. The zero-order valence-electron chi connectivity index (χ0n) is 15.2. The van der Waals surface area contributed by atoms with Crippen molar-refractivity contribution in [2.45, 2.75) is 17.7 Å². The van der Waals surface area contributed by atoms with Crippen LogP contribution in [0.1, 0.15) is 11.1 Å². The van der Waals surface area contributed by atoms with Gasteiger partial charge in [-0.1, -0.05) is 24.3 Å². The zero-order chi connectivity index (χ0) is 20.1. The minimum Gasteiger partial charge on any atom is -0.439 e. The first-order chi connectivity index (χ1) is 13.3. The average molecular weight is 397 g/mol. The van der Waals surface area contributed by atoms with Gasteiger partial charge >= 0.3 is 0 Å². The molecule has 0 saturated carbocycles. The third-order valence-corrected chi connectivity index (χ3v) is 5.05. The molecule has 0 spiro atoms. The lowest BCUT2D eigenvalue weighted by Crippen LogP contribution is -2.07. The number of nitrogen functional groups attached to an aromatic ring is 1. The van der Waals surface area contributed by atoms with Crippen molar-refractivity contribution < 1.29 is 17.9 Å². The second-order valence-corrected chi connectivity index (χ2v) is 8.35. The van der Waals surface area contributed by atoms with Crippen LogP contribution in [0.25, 0.3) is 0 Å². The monoisotopic (exact) mass is 397 g/mol. The summed E-state index contributed by atoms with van der Waals surface area (Å²) >= 11 is 0. The van der Waals surface area contributed by atoms with Gasteiger partial charge in [0.1, 0.15) is 23.7 Å². The van der Waals surface area contributed by atoms with E-state index in [2.05, 4.69) is 9.97 Å². The van der Waals surface area contributed by atoms with E-state index in [4.69, 9.17) is 10.5 Å². The summed E-state index contributed by atoms with van der Waals surface area (Å²) in [6.45, 7) is 0. The lowest BCUT2D eigenvalue weighted by molar-refractivity contribution is -0.117. The number of sulfone groups is 1. The second-order valence-electron chi connectivity index (χ2n) is 6.34. The van der Waals surface area contributed by atoms with Crippen LogP contribution < -0.4 is 10.5 Å². The summed E-state index contributed by atoms with van der Waals surface area (Å²) < 4.78 is 28.9. The Morgan fingerprint density at radius 2 is 1.71 bits per heavy atom. The highest BCUT2D eigenvalue weighted by Crippen LogP contribution is 2.21. The van der Waals surface area contributed by atoms with Crippen molar-refractivity contribution in [1.82, 2.24) is 9.97 Å². The molecule has 144 valence electrons. The maximum Gasteiger partial charge on any atom is 0.224 e. The van der Waals surface area contributed by atoms with Crippen molar-refractivity contribution >= 4 is 21.4 Å². The fraction of sp³-hybridized carbons (Fsp3) is 0.150. The summed E-state index contributed by atoms with van der Waals surface area (Å²) in [5, 5.41) is 0. The molecule has 3 rings (SSSR count). The van der Waals surface area contributed by atoms with E-state index in [1.165, 1.54) is 24.5 Å². The number of hydrogen-bond donors (Lipinski definition) is 1. The molecule has 0 aliphatic heterocycles. The van der Waals surface area contributed by atoms with E-state index in [0.29, 0.717) is 23.0 Å². The summed E-state index contributed by atoms with van der Waals surface area (Å²) in [5.41, 5.74) is 7.09. The van der Waals surface area contributed by atoms with Crippen LogP contribution in [0.3, 0.4) is 0 Å². The number of carbonyl (C=O) groups excluding carboxylic acids is 1. The first-order valence-electron chi connectivity index (χ1n) is 8.44. The molecule has 0 unspecified atom stereocenters. The van der Waals surface area contributed by atoms with Crippen molar-refractivity contribution in [3.05, 3.63) is 72.1 Å². The van der Waals surface area contributed by atoms with Crippen LogP contribution in [-0.2, 0) is 27.5 Å². The van der Waals surface area contributed by atoms with Gasteiger partial charge in [-0.15, -0.1) is 0 Å². The Labute approximate surface area is 163 Å². The standard InChI is InChI=1S/C20H19N3O4S/c1-28(25,26)18-4-2-3-15(11-18)10-16(24)9-14-5-7-17(8-6-14)27-20-12-19(21)22-13-23-20/h2-8,11-13H,9-10H2,1H3,(H2,21,22,23). The third kappa shape index (κ3) is 5.37. The largest absolute Gasteiger partial charge is 0.439 e. The number of benzene rings is 2. The number of rotatable bonds is 7. The fourth-order valence-corrected chi connectivity index (χ4v) is 3.30. The molecule has 0 amide bonds. The summed E-state index contributed by atoms with van der Waals surface area (Å²) in [4.78, 5) is 20.3. The van der Waals surface area contributed by atoms with E-state index in [-0.39, 0.29) is 23.5 Å². The van der Waals surface area contributed by atoms with Gasteiger partial charge in [0.2, 0.25) is 5.88 Å². The van der Waals surface area contributed by atoms with Gasteiger partial charge in [-0.3, -0.25) is 4.79 Å². The Morgan fingerprint density at radius 3 is 2.39 bits per heavy atom. The molecule has 2 aromatic carbocycles. The highest BCUT2D eigenvalue weighted by molar-refractivity contribution is 7.90. The quantitative estimate of drug-likeness (QED) is 0.652.